The minimum absolute atomic E-state index is 0.762. The monoisotopic (exact) mass is 314 g/mol. The van der Waals surface area contributed by atoms with Crippen molar-refractivity contribution in [3.8, 4) is 0 Å². The van der Waals surface area contributed by atoms with E-state index in [0.29, 0.717) is 0 Å². The molecule has 0 aromatic rings. The van der Waals surface area contributed by atoms with E-state index in [-0.39, 0.29) is 0 Å². The molecule has 0 bridgehead atoms. The number of hydrogen-bond donors (Lipinski definition) is 1. The molecule has 1 N–H and O–H groups in total. The van der Waals surface area contributed by atoms with Crippen LogP contribution in [0.15, 0.2) is 4.99 Å². The summed E-state index contributed by atoms with van der Waals surface area (Å²) in [4.78, 5) is 9.06. The van der Waals surface area contributed by atoms with Gasteiger partial charge in [-0.05, 0) is 32.7 Å². The summed E-state index contributed by atoms with van der Waals surface area (Å²) in [6, 6.07) is 0. The number of likely N-dealkylation sites (N-methyl/N-ethyl adjacent to an activating group) is 2. The van der Waals surface area contributed by atoms with Crippen LogP contribution < -0.4 is 5.32 Å². The Morgan fingerprint density at radius 3 is 2.59 bits per heavy atom. The van der Waals surface area contributed by atoms with E-state index in [1.54, 1.807) is 7.11 Å². The molecule has 0 radical (unpaired) electrons. The van der Waals surface area contributed by atoms with Gasteiger partial charge in [0.25, 0.3) is 0 Å². The van der Waals surface area contributed by atoms with Crippen LogP contribution in [-0.4, -0.2) is 89.5 Å². The quantitative estimate of drug-likeness (QED) is 0.329. The molecular weight excluding hydrogens is 280 g/mol. The second-order valence-electron chi connectivity index (χ2n) is 5.97. The van der Waals surface area contributed by atoms with Crippen LogP contribution in [0.4, 0.5) is 0 Å². The van der Waals surface area contributed by atoms with E-state index in [2.05, 4.69) is 41.1 Å². The summed E-state index contributed by atoms with van der Waals surface area (Å²) in [6.07, 6.45) is 2.69. The van der Waals surface area contributed by atoms with E-state index >= 15 is 0 Å². The highest BCUT2D eigenvalue weighted by molar-refractivity contribution is 5.79. The normalized spacial score (nSPS) is 15.4. The molecule has 0 aliphatic heterocycles. The third-order valence-electron chi connectivity index (χ3n) is 3.74. The summed E-state index contributed by atoms with van der Waals surface area (Å²) in [5.41, 5.74) is 0. The lowest BCUT2D eigenvalue weighted by Gasteiger charge is -2.22. The molecule has 6 nitrogen and oxygen atoms in total. The number of methoxy groups -OCH3 is 1. The van der Waals surface area contributed by atoms with Crippen LogP contribution in [0, 0.1) is 5.92 Å². The summed E-state index contributed by atoms with van der Waals surface area (Å²) in [5.74, 6) is 1.78. The SMILES string of the molecule is CCNC(=NCCN(C)CCOC)N(C)CCOCC1CC1. The van der Waals surface area contributed by atoms with Crippen LogP contribution in [0.3, 0.4) is 0 Å². The first-order chi connectivity index (χ1) is 10.7. The molecule has 0 amide bonds. The topological polar surface area (TPSA) is 49.3 Å². The lowest BCUT2D eigenvalue weighted by atomic mass is 10.5. The van der Waals surface area contributed by atoms with Crippen LogP contribution in [0.1, 0.15) is 19.8 Å². The van der Waals surface area contributed by atoms with Crippen molar-refractivity contribution in [2.45, 2.75) is 19.8 Å². The Bertz CT molecular complexity index is 309. The Morgan fingerprint density at radius 2 is 1.95 bits per heavy atom. The molecule has 1 fully saturated rings. The zero-order valence-corrected chi connectivity index (χ0v) is 14.8. The second kappa shape index (κ2) is 11.7. The van der Waals surface area contributed by atoms with Crippen molar-refractivity contribution in [1.29, 1.82) is 0 Å². The van der Waals surface area contributed by atoms with Gasteiger partial charge in [-0.2, -0.15) is 0 Å². The Morgan fingerprint density at radius 1 is 1.18 bits per heavy atom. The zero-order valence-electron chi connectivity index (χ0n) is 14.8. The number of guanidine groups is 1. The number of ether oxygens (including phenoxy) is 2. The van der Waals surface area contributed by atoms with Gasteiger partial charge in [-0.25, -0.2) is 0 Å². The molecule has 0 atom stereocenters. The number of rotatable bonds is 12. The van der Waals surface area contributed by atoms with Crippen molar-refractivity contribution in [2.24, 2.45) is 10.9 Å². The third kappa shape index (κ3) is 9.23. The van der Waals surface area contributed by atoms with Crippen LogP contribution >= 0.6 is 0 Å². The highest BCUT2D eigenvalue weighted by Crippen LogP contribution is 2.28. The number of aliphatic imine (C=N–C) groups is 1. The van der Waals surface area contributed by atoms with Crippen molar-refractivity contribution in [2.75, 3.05) is 73.7 Å². The van der Waals surface area contributed by atoms with E-state index in [9.17, 15) is 0 Å². The van der Waals surface area contributed by atoms with Gasteiger partial charge in [-0.3, -0.25) is 4.99 Å². The van der Waals surface area contributed by atoms with Gasteiger partial charge in [0.2, 0.25) is 0 Å². The molecular formula is C16H34N4O2. The van der Waals surface area contributed by atoms with Crippen LogP contribution in [0.25, 0.3) is 0 Å². The Balaban J connectivity index is 2.22. The maximum Gasteiger partial charge on any atom is 0.193 e. The Hall–Kier alpha value is -0.850. The molecule has 1 rings (SSSR count). The van der Waals surface area contributed by atoms with Gasteiger partial charge in [0.15, 0.2) is 5.96 Å². The molecule has 0 aromatic carbocycles. The maximum atomic E-state index is 5.70. The fourth-order valence-electron chi connectivity index (χ4n) is 2.00. The fraction of sp³-hybridized carbons (Fsp3) is 0.938. The highest BCUT2D eigenvalue weighted by Gasteiger charge is 2.21. The standard InChI is InChI=1S/C16H34N4O2/c1-5-17-16(18-8-9-19(2)10-12-21-4)20(3)11-13-22-14-15-6-7-15/h15H,5-14H2,1-4H3,(H,17,18). The molecule has 0 heterocycles. The van der Waals surface area contributed by atoms with E-state index in [1.807, 2.05) is 0 Å². The lowest BCUT2D eigenvalue weighted by molar-refractivity contribution is 0.115. The summed E-state index contributed by atoms with van der Waals surface area (Å²) in [6.45, 7) is 8.96. The van der Waals surface area contributed by atoms with E-state index in [1.165, 1.54) is 12.8 Å². The number of nitrogens with one attached hydrogen (secondary N) is 1. The van der Waals surface area contributed by atoms with E-state index in [4.69, 9.17) is 9.47 Å². The van der Waals surface area contributed by atoms with Crippen LogP contribution in [-0.2, 0) is 9.47 Å². The molecule has 1 aliphatic rings. The van der Waals surface area contributed by atoms with Crippen molar-refractivity contribution in [3.05, 3.63) is 0 Å². The van der Waals surface area contributed by atoms with Gasteiger partial charge in [0.1, 0.15) is 0 Å². The molecule has 0 unspecified atom stereocenters. The molecule has 6 heteroatoms. The Labute approximate surface area is 135 Å². The summed E-state index contributed by atoms with van der Waals surface area (Å²) in [7, 11) is 5.89. The first kappa shape index (κ1) is 19.2. The average Bonchev–Trinajstić information content (AvgIpc) is 3.32. The first-order valence-corrected chi connectivity index (χ1v) is 8.42. The van der Waals surface area contributed by atoms with Crippen molar-refractivity contribution in [3.63, 3.8) is 0 Å². The molecule has 22 heavy (non-hydrogen) atoms. The third-order valence-corrected chi connectivity index (χ3v) is 3.74. The number of nitrogens with zero attached hydrogens (tertiary/aromatic N) is 3. The average molecular weight is 314 g/mol. The first-order valence-electron chi connectivity index (χ1n) is 8.42. The zero-order chi connectivity index (χ0) is 16.2. The largest absolute Gasteiger partial charge is 0.383 e. The number of hydrogen-bond acceptors (Lipinski definition) is 4. The lowest BCUT2D eigenvalue weighted by Crippen LogP contribution is -2.41. The van der Waals surface area contributed by atoms with Crippen molar-refractivity contribution in [1.82, 2.24) is 15.1 Å². The predicted molar refractivity (Wildman–Crippen MR) is 91.5 cm³/mol. The van der Waals surface area contributed by atoms with Gasteiger partial charge < -0.3 is 24.6 Å². The van der Waals surface area contributed by atoms with Gasteiger partial charge in [0.05, 0.1) is 19.8 Å². The van der Waals surface area contributed by atoms with Crippen molar-refractivity contribution < 1.29 is 9.47 Å². The maximum absolute atomic E-state index is 5.70. The minimum Gasteiger partial charge on any atom is -0.383 e. The van der Waals surface area contributed by atoms with Crippen molar-refractivity contribution >= 4 is 5.96 Å². The Kier molecular flexibility index (Phi) is 10.2. The van der Waals surface area contributed by atoms with Crippen LogP contribution in [0.2, 0.25) is 0 Å². The highest BCUT2D eigenvalue weighted by atomic mass is 16.5. The molecule has 0 saturated heterocycles. The second-order valence-corrected chi connectivity index (χ2v) is 5.97. The van der Waals surface area contributed by atoms with Gasteiger partial charge >= 0.3 is 0 Å². The minimum atomic E-state index is 0.762. The fourth-order valence-corrected chi connectivity index (χ4v) is 2.00. The predicted octanol–water partition coefficient (Wildman–Crippen LogP) is 0.889. The summed E-state index contributed by atoms with van der Waals surface area (Å²) < 4.78 is 10.8. The van der Waals surface area contributed by atoms with Crippen LogP contribution in [0.5, 0.6) is 0 Å². The van der Waals surface area contributed by atoms with E-state index in [0.717, 1.165) is 64.4 Å². The molecule has 130 valence electrons. The summed E-state index contributed by atoms with van der Waals surface area (Å²) >= 11 is 0. The molecule has 1 aliphatic carbocycles. The summed E-state index contributed by atoms with van der Waals surface area (Å²) in [5, 5.41) is 3.34. The smallest absolute Gasteiger partial charge is 0.193 e. The molecule has 1 saturated carbocycles. The van der Waals surface area contributed by atoms with Gasteiger partial charge in [-0.15, -0.1) is 0 Å². The van der Waals surface area contributed by atoms with Gasteiger partial charge in [0, 0.05) is 46.9 Å². The molecule has 0 spiro atoms. The van der Waals surface area contributed by atoms with Gasteiger partial charge in [-0.1, -0.05) is 0 Å². The van der Waals surface area contributed by atoms with E-state index < -0.39 is 0 Å². The molecule has 0 aromatic heterocycles.